The minimum absolute atomic E-state index is 0.613. The summed E-state index contributed by atoms with van der Waals surface area (Å²) in [6.07, 6.45) is 1.97. The first kappa shape index (κ1) is 10.2. The second kappa shape index (κ2) is 4.40. The zero-order valence-electron chi connectivity index (χ0n) is 9.04. The van der Waals surface area contributed by atoms with Gasteiger partial charge in [0.05, 0.1) is 17.9 Å². The Morgan fingerprint density at radius 2 is 1.54 bits per heavy atom. The van der Waals surface area contributed by atoms with E-state index < -0.39 is 0 Å². The maximum absolute atomic E-state index is 4.45. The third kappa shape index (κ3) is 2.54. The third-order valence-corrected chi connectivity index (χ3v) is 2.00. The molecule has 0 saturated heterocycles. The molecule has 0 aromatic carbocycles. The molecule has 3 heteroatoms. The molecule has 1 aromatic heterocycles. The van der Waals surface area contributed by atoms with Crippen molar-refractivity contribution in [3.8, 4) is 0 Å². The van der Waals surface area contributed by atoms with Crippen LogP contribution in [-0.2, 0) is 19.4 Å². The lowest BCUT2D eigenvalue weighted by Crippen LogP contribution is -2.08. The van der Waals surface area contributed by atoms with Gasteiger partial charge in [0.15, 0.2) is 0 Å². The predicted molar refractivity (Wildman–Crippen MR) is 53.6 cm³/mol. The van der Waals surface area contributed by atoms with Gasteiger partial charge in [-0.2, -0.15) is 15.0 Å². The Morgan fingerprint density at radius 1 is 1.08 bits per heavy atom. The first-order valence-electron chi connectivity index (χ1n) is 5.10. The summed E-state index contributed by atoms with van der Waals surface area (Å²) in [4.78, 5) is 1.84. The molecule has 0 fully saturated rings. The first-order chi connectivity index (χ1) is 6.17. The lowest BCUT2D eigenvalue weighted by molar-refractivity contribution is 0.433. The summed E-state index contributed by atoms with van der Waals surface area (Å²) < 4.78 is 0. The number of nitrogens with zero attached hydrogens (tertiary/aromatic N) is 3. The third-order valence-electron chi connectivity index (χ3n) is 2.00. The molecular formula is C10H19N3. The normalized spacial score (nSPS) is 11.2. The van der Waals surface area contributed by atoms with Crippen LogP contribution in [0.25, 0.3) is 0 Å². The summed E-state index contributed by atoms with van der Waals surface area (Å²) in [6, 6.07) is 0. The van der Waals surface area contributed by atoms with E-state index >= 15 is 0 Å². The van der Waals surface area contributed by atoms with Gasteiger partial charge in [-0.3, -0.25) is 0 Å². The Labute approximate surface area is 80.1 Å². The second-order valence-electron chi connectivity index (χ2n) is 3.75. The molecule has 0 bridgehead atoms. The van der Waals surface area contributed by atoms with Crippen LogP contribution in [0.1, 0.15) is 39.1 Å². The number of hydrogen-bond donors (Lipinski definition) is 0. The lowest BCUT2D eigenvalue weighted by atomic mass is 10.2. The Bertz CT molecular complexity index is 242. The van der Waals surface area contributed by atoms with Gasteiger partial charge in [-0.1, -0.05) is 27.7 Å². The van der Waals surface area contributed by atoms with Gasteiger partial charge in [-0.15, -0.1) is 0 Å². The largest absolute Gasteiger partial charge is 0.184 e. The molecule has 0 unspecified atom stereocenters. The molecular weight excluding hydrogens is 162 g/mol. The maximum atomic E-state index is 4.45. The fourth-order valence-corrected chi connectivity index (χ4v) is 1.37. The average molecular weight is 181 g/mol. The summed E-state index contributed by atoms with van der Waals surface area (Å²) in [6.45, 7) is 9.54. The highest BCUT2D eigenvalue weighted by molar-refractivity contribution is 5.07. The van der Waals surface area contributed by atoms with Crippen LogP contribution in [0.2, 0.25) is 0 Å². The molecule has 0 amide bonds. The zero-order valence-corrected chi connectivity index (χ0v) is 9.04. The second-order valence-corrected chi connectivity index (χ2v) is 3.75. The van der Waals surface area contributed by atoms with Crippen LogP contribution in [0, 0.1) is 5.92 Å². The van der Waals surface area contributed by atoms with E-state index in [0.29, 0.717) is 5.92 Å². The fourth-order valence-electron chi connectivity index (χ4n) is 1.37. The highest BCUT2D eigenvalue weighted by atomic mass is 15.5. The van der Waals surface area contributed by atoms with Gasteiger partial charge in [0.1, 0.15) is 0 Å². The number of rotatable bonds is 4. The number of hydrogen-bond acceptors (Lipinski definition) is 2. The Hall–Kier alpha value is -0.860. The summed E-state index contributed by atoms with van der Waals surface area (Å²) in [5, 5.41) is 8.89. The van der Waals surface area contributed by atoms with E-state index in [2.05, 4.69) is 37.9 Å². The molecule has 0 aliphatic carbocycles. The Kier molecular flexibility index (Phi) is 3.46. The van der Waals surface area contributed by atoms with Crippen LogP contribution in [0.4, 0.5) is 0 Å². The van der Waals surface area contributed by atoms with Crippen molar-refractivity contribution >= 4 is 0 Å². The van der Waals surface area contributed by atoms with Crippen LogP contribution >= 0.6 is 0 Å². The highest BCUT2D eigenvalue weighted by Gasteiger charge is 2.07. The van der Waals surface area contributed by atoms with Crippen LogP contribution < -0.4 is 0 Å². The van der Waals surface area contributed by atoms with Crippen molar-refractivity contribution in [1.29, 1.82) is 0 Å². The average Bonchev–Trinajstić information content (AvgIpc) is 2.45. The van der Waals surface area contributed by atoms with E-state index in [9.17, 15) is 0 Å². The van der Waals surface area contributed by atoms with Crippen molar-refractivity contribution in [2.45, 2.75) is 47.1 Å². The summed E-state index contributed by atoms with van der Waals surface area (Å²) >= 11 is 0. The van der Waals surface area contributed by atoms with E-state index in [1.54, 1.807) is 0 Å². The predicted octanol–water partition coefficient (Wildman–Crippen LogP) is 2.06. The van der Waals surface area contributed by atoms with Gasteiger partial charge in [0, 0.05) is 0 Å². The van der Waals surface area contributed by atoms with Gasteiger partial charge >= 0.3 is 0 Å². The molecule has 3 nitrogen and oxygen atoms in total. The van der Waals surface area contributed by atoms with E-state index in [0.717, 1.165) is 30.8 Å². The first-order valence-corrected chi connectivity index (χ1v) is 5.10. The monoisotopic (exact) mass is 181 g/mol. The topological polar surface area (TPSA) is 30.7 Å². The molecule has 1 rings (SSSR count). The van der Waals surface area contributed by atoms with E-state index in [1.165, 1.54) is 0 Å². The van der Waals surface area contributed by atoms with Crippen LogP contribution in [0.5, 0.6) is 0 Å². The van der Waals surface area contributed by atoms with E-state index in [-0.39, 0.29) is 0 Å². The van der Waals surface area contributed by atoms with Gasteiger partial charge < -0.3 is 0 Å². The minimum Gasteiger partial charge on any atom is -0.184 e. The molecule has 0 spiro atoms. The fraction of sp³-hybridized carbons (Fsp3) is 0.800. The molecule has 0 saturated carbocycles. The van der Waals surface area contributed by atoms with Crippen molar-refractivity contribution in [2.24, 2.45) is 5.92 Å². The smallest absolute Gasteiger partial charge is 0.0856 e. The van der Waals surface area contributed by atoms with Crippen LogP contribution in [0.15, 0.2) is 0 Å². The summed E-state index contributed by atoms with van der Waals surface area (Å²) in [5.74, 6) is 0.613. The zero-order chi connectivity index (χ0) is 9.84. The Morgan fingerprint density at radius 3 is 1.85 bits per heavy atom. The van der Waals surface area contributed by atoms with Crippen molar-refractivity contribution in [3.63, 3.8) is 0 Å². The van der Waals surface area contributed by atoms with Crippen molar-refractivity contribution in [3.05, 3.63) is 11.4 Å². The van der Waals surface area contributed by atoms with Crippen molar-refractivity contribution < 1.29 is 0 Å². The van der Waals surface area contributed by atoms with Crippen molar-refractivity contribution in [2.75, 3.05) is 0 Å². The molecule has 13 heavy (non-hydrogen) atoms. The quantitative estimate of drug-likeness (QED) is 0.712. The van der Waals surface area contributed by atoms with E-state index in [4.69, 9.17) is 0 Å². The molecule has 74 valence electrons. The minimum atomic E-state index is 0.613. The lowest BCUT2D eigenvalue weighted by Gasteiger charge is -2.01. The molecule has 1 aromatic rings. The summed E-state index contributed by atoms with van der Waals surface area (Å²) in [5.41, 5.74) is 2.31. The van der Waals surface area contributed by atoms with Gasteiger partial charge in [0.25, 0.3) is 0 Å². The Balaban J connectivity index is 2.80. The summed E-state index contributed by atoms with van der Waals surface area (Å²) in [7, 11) is 0. The van der Waals surface area contributed by atoms with E-state index in [1.807, 2.05) is 4.80 Å². The molecule has 0 aliphatic heterocycles. The highest BCUT2D eigenvalue weighted by Crippen LogP contribution is 2.05. The molecule has 0 atom stereocenters. The molecule has 0 radical (unpaired) electrons. The van der Waals surface area contributed by atoms with Gasteiger partial charge in [0.2, 0.25) is 0 Å². The van der Waals surface area contributed by atoms with Crippen molar-refractivity contribution in [1.82, 2.24) is 15.0 Å². The standard InChI is InChI=1S/C10H19N3/c1-5-9-10(6-2)12-13(11-9)7-8(3)4/h8H,5-7H2,1-4H3. The number of aromatic nitrogens is 3. The van der Waals surface area contributed by atoms with Crippen LogP contribution in [0.3, 0.4) is 0 Å². The molecule has 0 N–H and O–H groups in total. The number of aryl methyl sites for hydroxylation is 2. The van der Waals surface area contributed by atoms with Gasteiger partial charge in [-0.05, 0) is 18.8 Å². The maximum Gasteiger partial charge on any atom is 0.0856 e. The molecule has 0 aliphatic rings. The van der Waals surface area contributed by atoms with Gasteiger partial charge in [-0.25, -0.2) is 0 Å². The van der Waals surface area contributed by atoms with Crippen LogP contribution in [-0.4, -0.2) is 15.0 Å². The molecule has 1 heterocycles. The SMILES string of the molecule is CCc1nn(CC(C)C)nc1CC.